The summed E-state index contributed by atoms with van der Waals surface area (Å²) in [6.45, 7) is 1.33. The third-order valence-corrected chi connectivity index (χ3v) is 2.56. The van der Waals surface area contributed by atoms with Crippen LogP contribution in [0, 0.1) is 10.1 Å². The van der Waals surface area contributed by atoms with Crippen molar-refractivity contribution in [2.45, 2.75) is 19.1 Å². The summed E-state index contributed by atoms with van der Waals surface area (Å²) in [6.07, 6.45) is -1.13. The van der Waals surface area contributed by atoms with E-state index in [0.29, 0.717) is 0 Å². The van der Waals surface area contributed by atoms with Crippen molar-refractivity contribution < 1.29 is 24.4 Å². The van der Waals surface area contributed by atoms with E-state index in [1.54, 1.807) is 0 Å². The van der Waals surface area contributed by atoms with Gasteiger partial charge in [0.05, 0.1) is 18.1 Å². The molecular weight excluding hydrogens is 268 g/mol. The van der Waals surface area contributed by atoms with E-state index in [4.69, 9.17) is 0 Å². The van der Waals surface area contributed by atoms with E-state index in [1.807, 2.05) is 0 Å². The van der Waals surface area contributed by atoms with Crippen LogP contribution in [0.3, 0.4) is 0 Å². The lowest BCUT2D eigenvalue weighted by Gasteiger charge is -2.18. The second-order valence-electron chi connectivity index (χ2n) is 4.02. The number of amides is 1. The number of carbonyl (C=O) groups excluding carboxylic acids is 2. The van der Waals surface area contributed by atoms with Gasteiger partial charge in [-0.3, -0.25) is 14.9 Å². The molecule has 0 aliphatic carbocycles. The summed E-state index contributed by atoms with van der Waals surface area (Å²) in [5.41, 5.74) is -0.0215. The zero-order valence-electron chi connectivity index (χ0n) is 10.9. The van der Waals surface area contributed by atoms with Gasteiger partial charge >= 0.3 is 5.97 Å². The molecule has 2 N–H and O–H groups in total. The first kappa shape index (κ1) is 15.6. The molecule has 8 heteroatoms. The van der Waals surface area contributed by atoms with E-state index >= 15 is 0 Å². The lowest BCUT2D eigenvalue weighted by molar-refractivity contribution is -0.384. The number of hydrogen-bond acceptors (Lipinski definition) is 6. The number of aliphatic hydroxyl groups excluding tert-OH is 1. The Balaban J connectivity index is 2.84. The molecule has 0 radical (unpaired) electrons. The van der Waals surface area contributed by atoms with Crippen molar-refractivity contribution in [3.05, 3.63) is 39.9 Å². The Bertz CT molecular complexity index is 511. The molecule has 1 aromatic carbocycles. The van der Waals surface area contributed by atoms with E-state index in [9.17, 15) is 24.8 Å². The maximum Gasteiger partial charge on any atom is 0.331 e. The maximum atomic E-state index is 11.9. The molecule has 0 fully saturated rings. The smallest absolute Gasteiger partial charge is 0.331 e. The van der Waals surface area contributed by atoms with Crippen LogP contribution in [-0.4, -0.2) is 41.2 Å². The van der Waals surface area contributed by atoms with Crippen LogP contribution < -0.4 is 5.32 Å². The first-order chi connectivity index (χ1) is 9.36. The van der Waals surface area contributed by atoms with Crippen LogP contribution in [0.4, 0.5) is 5.69 Å². The summed E-state index contributed by atoms with van der Waals surface area (Å²) in [4.78, 5) is 33.1. The summed E-state index contributed by atoms with van der Waals surface area (Å²) in [5, 5.41) is 22.2. The van der Waals surface area contributed by atoms with E-state index in [0.717, 1.165) is 7.11 Å². The Morgan fingerprint density at radius 3 is 2.30 bits per heavy atom. The molecule has 0 aromatic heterocycles. The minimum absolute atomic E-state index is 0.130. The molecule has 0 heterocycles. The number of nitrogens with one attached hydrogen (secondary N) is 1. The number of esters is 1. The van der Waals surface area contributed by atoms with Crippen LogP contribution >= 0.6 is 0 Å². The first-order valence-electron chi connectivity index (χ1n) is 5.68. The maximum absolute atomic E-state index is 11.9. The van der Waals surface area contributed by atoms with Gasteiger partial charge in [0, 0.05) is 17.7 Å². The summed E-state index contributed by atoms with van der Waals surface area (Å²) in [6, 6.07) is 3.64. The zero-order valence-corrected chi connectivity index (χ0v) is 10.9. The average Bonchev–Trinajstić information content (AvgIpc) is 2.43. The molecule has 2 unspecified atom stereocenters. The third kappa shape index (κ3) is 3.75. The quantitative estimate of drug-likeness (QED) is 0.454. The highest BCUT2D eigenvalue weighted by molar-refractivity contribution is 5.97. The van der Waals surface area contributed by atoms with Crippen molar-refractivity contribution in [1.29, 1.82) is 0 Å². The predicted molar refractivity (Wildman–Crippen MR) is 68.0 cm³/mol. The average molecular weight is 282 g/mol. The normalized spacial score (nSPS) is 13.2. The number of hydrogen-bond donors (Lipinski definition) is 2. The van der Waals surface area contributed by atoms with Crippen molar-refractivity contribution in [3.8, 4) is 0 Å². The van der Waals surface area contributed by atoms with Crippen molar-refractivity contribution >= 4 is 17.6 Å². The third-order valence-electron chi connectivity index (χ3n) is 2.56. The summed E-state index contributed by atoms with van der Waals surface area (Å²) in [7, 11) is 1.13. The van der Waals surface area contributed by atoms with Gasteiger partial charge in [0.25, 0.3) is 11.6 Å². The number of nitrogens with zero attached hydrogens (tertiary/aromatic N) is 1. The molecule has 0 saturated heterocycles. The molecule has 0 spiro atoms. The number of aliphatic hydroxyl groups is 1. The number of rotatable bonds is 5. The van der Waals surface area contributed by atoms with Gasteiger partial charge in [-0.2, -0.15) is 0 Å². The highest BCUT2D eigenvalue weighted by Gasteiger charge is 2.26. The van der Waals surface area contributed by atoms with E-state index in [1.165, 1.54) is 31.2 Å². The Morgan fingerprint density at radius 2 is 1.90 bits per heavy atom. The molecule has 8 nitrogen and oxygen atoms in total. The van der Waals surface area contributed by atoms with Gasteiger partial charge in [-0.05, 0) is 19.1 Å². The molecule has 0 saturated carbocycles. The standard InChI is InChI=1S/C12H14N2O6/c1-7(15)10(12(17)20-2)13-11(16)8-3-5-9(6-4-8)14(18)19/h3-7,10,15H,1-2H3,(H,13,16). The van der Waals surface area contributed by atoms with Crippen LogP contribution in [-0.2, 0) is 9.53 Å². The molecule has 2 atom stereocenters. The Hall–Kier alpha value is -2.48. The van der Waals surface area contributed by atoms with Gasteiger partial charge in [-0.25, -0.2) is 4.79 Å². The van der Waals surface area contributed by atoms with Crippen molar-refractivity contribution in [1.82, 2.24) is 5.32 Å². The van der Waals surface area contributed by atoms with Crippen LogP contribution in [0.2, 0.25) is 0 Å². The van der Waals surface area contributed by atoms with Gasteiger partial charge in [0.15, 0.2) is 6.04 Å². The molecule has 20 heavy (non-hydrogen) atoms. The monoisotopic (exact) mass is 282 g/mol. The molecule has 1 amide bonds. The minimum atomic E-state index is -1.21. The topological polar surface area (TPSA) is 119 Å². The fraction of sp³-hybridized carbons (Fsp3) is 0.333. The zero-order chi connectivity index (χ0) is 15.3. The van der Waals surface area contributed by atoms with Gasteiger partial charge in [0.1, 0.15) is 0 Å². The minimum Gasteiger partial charge on any atom is -0.467 e. The van der Waals surface area contributed by atoms with Crippen molar-refractivity contribution in [3.63, 3.8) is 0 Å². The molecule has 1 rings (SSSR count). The van der Waals surface area contributed by atoms with Crippen LogP contribution in [0.15, 0.2) is 24.3 Å². The SMILES string of the molecule is COC(=O)C(NC(=O)c1ccc([N+](=O)[O-])cc1)C(C)O. The van der Waals surface area contributed by atoms with E-state index in [-0.39, 0.29) is 11.3 Å². The Kier molecular flexibility index (Phi) is 5.15. The van der Waals surface area contributed by atoms with Crippen LogP contribution in [0.25, 0.3) is 0 Å². The number of carbonyl (C=O) groups is 2. The fourth-order valence-electron chi connectivity index (χ4n) is 1.46. The number of benzene rings is 1. The largest absolute Gasteiger partial charge is 0.467 e. The highest BCUT2D eigenvalue weighted by atomic mass is 16.6. The van der Waals surface area contributed by atoms with E-state index in [2.05, 4.69) is 10.1 Å². The van der Waals surface area contributed by atoms with Gasteiger partial charge < -0.3 is 15.2 Å². The molecule has 0 aliphatic heterocycles. The molecular formula is C12H14N2O6. The number of ether oxygens (including phenoxy) is 1. The second kappa shape index (κ2) is 6.62. The van der Waals surface area contributed by atoms with Gasteiger partial charge in [-0.1, -0.05) is 0 Å². The molecule has 0 aliphatic rings. The van der Waals surface area contributed by atoms with Crippen LogP contribution in [0.5, 0.6) is 0 Å². The van der Waals surface area contributed by atoms with Gasteiger partial charge in [-0.15, -0.1) is 0 Å². The number of non-ortho nitro benzene ring substituents is 1. The number of methoxy groups -OCH3 is 1. The second-order valence-corrected chi connectivity index (χ2v) is 4.02. The highest BCUT2D eigenvalue weighted by Crippen LogP contribution is 2.12. The Labute approximate surface area is 114 Å². The molecule has 0 bridgehead atoms. The lowest BCUT2D eigenvalue weighted by atomic mass is 10.1. The van der Waals surface area contributed by atoms with Crippen LogP contribution in [0.1, 0.15) is 17.3 Å². The van der Waals surface area contributed by atoms with Gasteiger partial charge in [0.2, 0.25) is 0 Å². The van der Waals surface area contributed by atoms with Crippen molar-refractivity contribution in [2.75, 3.05) is 7.11 Å². The molecule has 108 valence electrons. The lowest BCUT2D eigenvalue weighted by Crippen LogP contribution is -2.48. The fourth-order valence-corrected chi connectivity index (χ4v) is 1.46. The molecule has 1 aromatic rings. The summed E-state index contributed by atoms with van der Waals surface area (Å²) >= 11 is 0. The van der Waals surface area contributed by atoms with E-state index < -0.39 is 28.9 Å². The summed E-state index contributed by atoms with van der Waals surface area (Å²) in [5.74, 6) is -1.42. The number of nitro benzene ring substituents is 1. The van der Waals surface area contributed by atoms with Crippen molar-refractivity contribution in [2.24, 2.45) is 0 Å². The number of nitro groups is 1. The first-order valence-corrected chi connectivity index (χ1v) is 5.68. The predicted octanol–water partition coefficient (Wildman–Crippen LogP) is 0.247. The summed E-state index contributed by atoms with van der Waals surface area (Å²) < 4.78 is 4.46. The Morgan fingerprint density at radius 1 is 1.35 bits per heavy atom.